The summed E-state index contributed by atoms with van der Waals surface area (Å²) in [6.45, 7) is 1.87. The van der Waals surface area contributed by atoms with E-state index in [9.17, 15) is 4.39 Å². The number of hydrogen-bond acceptors (Lipinski definition) is 2. The first-order valence-corrected chi connectivity index (χ1v) is 5.98. The first kappa shape index (κ1) is 11.7. The second-order valence-corrected chi connectivity index (χ2v) is 4.68. The molecule has 0 saturated carbocycles. The minimum Gasteiger partial charge on any atom is -0.249 e. The molecule has 0 bridgehead atoms. The Morgan fingerprint density at radius 1 is 1.38 bits per heavy atom. The van der Waals surface area contributed by atoms with Crippen molar-refractivity contribution in [3.05, 3.63) is 44.6 Å². The predicted octanol–water partition coefficient (Wildman–Crippen LogP) is 3.85. The summed E-state index contributed by atoms with van der Waals surface area (Å²) in [4.78, 5) is 8.55. The molecule has 2 nitrogen and oxygen atoms in total. The molecule has 5 heteroatoms. The Kier molecular flexibility index (Phi) is 3.39. The second-order valence-electron chi connectivity index (χ2n) is 3.26. The van der Waals surface area contributed by atoms with E-state index in [4.69, 9.17) is 11.6 Å². The predicted molar refractivity (Wildman–Crippen MR) is 69.9 cm³/mol. The van der Waals surface area contributed by atoms with Gasteiger partial charge in [-0.05, 0) is 47.7 Å². The molecule has 0 aliphatic carbocycles. The first-order valence-electron chi connectivity index (χ1n) is 4.52. The molecule has 0 fully saturated rings. The van der Waals surface area contributed by atoms with E-state index < -0.39 is 0 Å². The highest BCUT2D eigenvalue weighted by atomic mass is 127. The van der Waals surface area contributed by atoms with Crippen molar-refractivity contribution in [2.45, 2.75) is 6.92 Å². The third-order valence-electron chi connectivity index (χ3n) is 2.09. The standard InChI is InChI=1S/C11H7ClFIN2/c1-6-11(14)15-5-10(16-6)8-3-2-7(13)4-9(8)12/h2-5H,1H3. The lowest BCUT2D eigenvalue weighted by Crippen LogP contribution is -1.94. The zero-order chi connectivity index (χ0) is 11.7. The molecule has 0 radical (unpaired) electrons. The number of benzene rings is 1. The van der Waals surface area contributed by atoms with Crippen LogP contribution in [0.25, 0.3) is 11.3 Å². The lowest BCUT2D eigenvalue weighted by Gasteiger charge is -2.05. The van der Waals surface area contributed by atoms with Gasteiger partial charge in [0.25, 0.3) is 0 Å². The molecule has 82 valence electrons. The molecule has 0 atom stereocenters. The van der Waals surface area contributed by atoms with Gasteiger partial charge in [0.2, 0.25) is 0 Å². The Balaban J connectivity index is 2.54. The van der Waals surface area contributed by atoms with Crippen LogP contribution < -0.4 is 0 Å². The van der Waals surface area contributed by atoms with E-state index in [1.807, 2.05) is 6.92 Å². The minimum atomic E-state index is -0.357. The maximum atomic E-state index is 12.9. The smallest absolute Gasteiger partial charge is 0.124 e. The van der Waals surface area contributed by atoms with E-state index in [-0.39, 0.29) is 5.82 Å². The molecule has 2 rings (SSSR count). The van der Waals surface area contributed by atoms with Crippen molar-refractivity contribution in [1.29, 1.82) is 0 Å². The molecule has 0 N–H and O–H groups in total. The molecule has 0 aliphatic rings. The normalized spacial score (nSPS) is 10.5. The van der Waals surface area contributed by atoms with Crippen LogP contribution in [0.5, 0.6) is 0 Å². The lowest BCUT2D eigenvalue weighted by molar-refractivity contribution is 0.628. The number of aromatic nitrogens is 2. The summed E-state index contributed by atoms with van der Waals surface area (Å²) in [7, 11) is 0. The molecule has 0 amide bonds. The van der Waals surface area contributed by atoms with Crippen molar-refractivity contribution in [1.82, 2.24) is 9.97 Å². The minimum absolute atomic E-state index is 0.343. The Labute approximate surface area is 111 Å². The molecular weight excluding hydrogens is 341 g/mol. The summed E-state index contributed by atoms with van der Waals surface area (Å²) in [5.41, 5.74) is 2.18. The topological polar surface area (TPSA) is 25.8 Å². The van der Waals surface area contributed by atoms with Crippen LogP contribution in [0.2, 0.25) is 5.02 Å². The molecule has 0 aliphatic heterocycles. The van der Waals surface area contributed by atoms with Gasteiger partial charge < -0.3 is 0 Å². The fraction of sp³-hybridized carbons (Fsp3) is 0.0909. The van der Waals surface area contributed by atoms with Crippen molar-refractivity contribution in [3.63, 3.8) is 0 Å². The highest BCUT2D eigenvalue weighted by molar-refractivity contribution is 14.1. The first-order chi connectivity index (χ1) is 7.58. The molecule has 1 heterocycles. The number of aryl methyl sites for hydroxylation is 1. The number of halogens is 3. The maximum Gasteiger partial charge on any atom is 0.124 e. The number of hydrogen-bond donors (Lipinski definition) is 0. The molecule has 1 aromatic heterocycles. The van der Waals surface area contributed by atoms with Crippen molar-refractivity contribution >= 4 is 34.2 Å². The number of nitrogens with zero attached hydrogens (tertiary/aromatic N) is 2. The molecule has 16 heavy (non-hydrogen) atoms. The Hall–Kier alpha value is -0.750. The fourth-order valence-corrected chi connectivity index (χ4v) is 1.82. The van der Waals surface area contributed by atoms with Crippen LogP contribution in [0.15, 0.2) is 24.4 Å². The molecule has 1 aromatic carbocycles. The summed E-state index contributed by atoms with van der Waals surface area (Å²) in [6, 6.07) is 4.23. The SMILES string of the molecule is Cc1nc(-c2ccc(F)cc2Cl)cnc1I. The van der Waals surface area contributed by atoms with Crippen LogP contribution in [0.1, 0.15) is 5.69 Å². The molecule has 0 spiro atoms. The van der Waals surface area contributed by atoms with E-state index in [2.05, 4.69) is 32.6 Å². The molecule has 0 saturated heterocycles. The Bertz CT molecular complexity index is 546. The van der Waals surface area contributed by atoms with Gasteiger partial charge in [-0.2, -0.15) is 0 Å². The van der Waals surface area contributed by atoms with Gasteiger partial charge in [-0.3, -0.25) is 0 Å². The fourth-order valence-electron chi connectivity index (χ4n) is 1.29. The van der Waals surface area contributed by atoms with E-state index in [1.54, 1.807) is 12.3 Å². The summed E-state index contributed by atoms with van der Waals surface area (Å²) in [5, 5.41) is 0.343. The molecular formula is C11H7ClFIN2. The third-order valence-corrected chi connectivity index (χ3v) is 3.47. The van der Waals surface area contributed by atoms with Crippen molar-refractivity contribution in [2.75, 3.05) is 0 Å². The maximum absolute atomic E-state index is 12.9. The van der Waals surface area contributed by atoms with Gasteiger partial charge in [0.05, 0.1) is 22.6 Å². The average Bonchev–Trinajstić information content (AvgIpc) is 2.22. The zero-order valence-electron chi connectivity index (χ0n) is 8.34. The van der Waals surface area contributed by atoms with E-state index in [0.29, 0.717) is 16.3 Å². The largest absolute Gasteiger partial charge is 0.249 e. The van der Waals surface area contributed by atoms with Gasteiger partial charge in [-0.25, -0.2) is 14.4 Å². The van der Waals surface area contributed by atoms with E-state index in [0.717, 1.165) is 9.39 Å². The summed E-state index contributed by atoms with van der Waals surface area (Å²) in [6.07, 6.45) is 1.63. The van der Waals surface area contributed by atoms with Gasteiger partial charge in [0, 0.05) is 5.56 Å². The molecule has 0 unspecified atom stereocenters. The molecule has 2 aromatic rings. The van der Waals surface area contributed by atoms with Gasteiger partial charge in [0.15, 0.2) is 0 Å². The Morgan fingerprint density at radius 2 is 2.12 bits per heavy atom. The summed E-state index contributed by atoms with van der Waals surface area (Å²) in [5.74, 6) is -0.357. The highest BCUT2D eigenvalue weighted by Crippen LogP contribution is 2.27. The summed E-state index contributed by atoms with van der Waals surface area (Å²) >= 11 is 8.05. The Morgan fingerprint density at radius 3 is 2.75 bits per heavy atom. The van der Waals surface area contributed by atoms with Gasteiger partial charge in [-0.1, -0.05) is 11.6 Å². The average molecular weight is 349 g/mol. The van der Waals surface area contributed by atoms with Crippen LogP contribution in [0.4, 0.5) is 4.39 Å². The highest BCUT2D eigenvalue weighted by Gasteiger charge is 2.08. The van der Waals surface area contributed by atoms with E-state index >= 15 is 0 Å². The summed E-state index contributed by atoms with van der Waals surface area (Å²) < 4.78 is 13.7. The van der Waals surface area contributed by atoms with Crippen LogP contribution in [-0.4, -0.2) is 9.97 Å². The van der Waals surface area contributed by atoms with Gasteiger partial charge in [-0.15, -0.1) is 0 Å². The third kappa shape index (κ3) is 2.32. The monoisotopic (exact) mass is 348 g/mol. The van der Waals surface area contributed by atoms with Crippen molar-refractivity contribution in [2.24, 2.45) is 0 Å². The lowest BCUT2D eigenvalue weighted by atomic mass is 10.1. The van der Waals surface area contributed by atoms with E-state index in [1.165, 1.54) is 12.1 Å². The van der Waals surface area contributed by atoms with Crippen LogP contribution >= 0.6 is 34.2 Å². The second kappa shape index (κ2) is 4.63. The quantitative estimate of drug-likeness (QED) is 0.732. The number of rotatable bonds is 1. The van der Waals surface area contributed by atoms with Crippen LogP contribution in [-0.2, 0) is 0 Å². The van der Waals surface area contributed by atoms with Crippen molar-refractivity contribution < 1.29 is 4.39 Å². The van der Waals surface area contributed by atoms with Gasteiger partial charge in [0.1, 0.15) is 9.52 Å². The zero-order valence-corrected chi connectivity index (χ0v) is 11.3. The van der Waals surface area contributed by atoms with Crippen LogP contribution in [0.3, 0.4) is 0 Å². The van der Waals surface area contributed by atoms with Crippen LogP contribution in [0, 0.1) is 16.4 Å². The van der Waals surface area contributed by atoms with Gasteiger partial charge >= 0.3 is 0 Å². The van der Waals surface area contributed by atoms with Crippen molar-refractivity contribution in [3.8, 4) is 11.3 Å².